The monoisotopic (exact) mass is 403 g/mol. The molecule has 146 valence electrons. The average Bonchev–Trinajstić information content (AvgIpc) is 3.24. The van der Waals surface area contributed by atoms with Gasteiger partial charge in [-0.15, -0.1) is 10.2 Å². The second-order valence-corrected chi connectivity index (χ2v) is 7.50. The largest absolute Gasteiger partial charge is 0.457 e. The second-order valence-electron chi connectivity index (χ2n) is 6.49. The molecule has 4 aromatic rings. The van der Waals surface area contributed by atoms with Crippen molar-refractivity contribution in [3.63, 3.8) is 0 Å². The van der Waals surface area contributed by atoms with Crippen LogP contribution in [0.4, 0.5) is 5.13 Å². The number of ether oxygens (including phenoxy) is 1. The smallest absolute Gasteiger partial charge is 0.205 e. The van der Waals surface area contributed by atoms with Crippen LogP contribution in [0.15, 0.2) is 84.9 Å². The number of benzene rings is 3. The summed E-state index contributed by atoms with van der Waals surface area (Å²) in [5.74, 6) is 1.49. The van der Waals surface area contributed by atoms with E-state index in [0.29, 0.717) is 15.9 Å². The third kappa shape index (κ3) is 5.19. The molecule has 0 aliphatic rings. The van der Waals surface area contributed by atoms with E-state index < -0.39 is 6.10 Å². The van der Waals surface area contributed by atoms with Gasteiger partial charge in [-0.3, -0.25) is 0 Å². The van der Waals surface area contributed by atoms with Gasteiger partial charge in [0.1, 0.15) is 17.6 Å². The van der Waals surface area contributed by atoms with Gasteiger partial charge in [-0.25, -0.2) is 0 Å². The van der Waals surface area contributed by atoms with Crippen LogP contribution in [-0.2, 0) is 6.42 Å². The Morgan fingerprint density at radius 2 is 1.48 bits per heavy atom. The van der Waals surface area contributed by atoms with E-state index in [1.54, 1.807) is 0 Å². The number of hydrogen-bond donors (Lipinski definition) is 2. The summed E-state index contributed by atoms with van der Waals surface area (Å²) in [4.78, 5) is 0. The minimum Gasteiger partial charge on any atom is -0.457 e. The van der Waals surface area contributed by atoms with E-state index in [9.17, 15) is 5.11 Å². The molecule has 1 heterocycles. The summed E-state index contributed by atoms with van der Waals surface area (Å²) >= 11 is 1.36. The van der Waals surface area contributed by atoms with Crippen molar-refractivity contribution >= 4 is 16.5 Å². The molecule has 4 rings (SSSR count). The van der Waals surface area contributed by atoms with E-state index in [4.69, 9.17) is 4.74 Å². The molecule has 2 N–H and O–H groups in total. The topological polar surface area (TPSA) is 67.3 Å². The highest BCUT2D eigenvalue weighted by atomic mass is 32.1. The summed E-state index contributed by atoms with van der Waals surface area (Å²) < 4.78 is 5.79. The minimum atomic E-state index is -0.817. The van der Waals surface area contributed by atoms with Gasteiger partial charge in [-0.2, -0.15) is 0 Å². The molecule has 0 radical (unpaired) electrons. The van der Waals surface area contributed by atoms with Crippen LogP contribution in [-0.4, -0.2) is 21.8 Å². The standard InChI is InChI=1S/C23H21N3O2S/c27-21(18-11-13-20(14-12-18)28-19-9-5-2-6-10-19)22-25-26-23(29-22)24-16-15-17-7-3-1-4-8-17/h1-14,21,27H,15-16H2,(H,24,26). The van der Waals surface area contributed by atoms with Crippen molar-refractivity contribution in [3.8, 4) is 11.5 Å². The first-order valence-electron chi connectivity index (χ1n) is 9.40. The third-order valence-corrected chi connectivity index (χ3v) is 5.32. The van der Waals surface area contributed by atoms with Crippen LogP contribution in [0.1, 0.15) is 22.2 Å². The lowest BCUT2D eigenvalue weighted by Crippen LogP contribution is -2.04. The van der Waals surface area contributed by atoms with Gasteiger partial charge >= 0.3 is 0 Å². The first-order chi connectivity index (χ1) is 14.3. The zero-order chi connectivity index (χ0) is 19.9. The number of nitrogens with zero attached hydrogens (tertiary/aromatic N) is 2. The predicted molar refractivity (Wildman–Crippen MR) is 116 cm³/mol. The van der Waals surface area contributed by atoms with Gasteiger partial charge in [0.15, 0.2) is 5.01 Å². The lowest BCUT2D eigenvalue weighted by molar-refractivity contribution is 0.219. The highest BCUT2D eigenvalue weighted by Crippen LogP contribution is 2.29. The van der Waals surface area contributed by atoms with Crippen LogP contribution < -0.4 is 10.1 Å². The molecule has 0 bridgehead atoms. The van der Waals surface area contributed by atoms with Crippen LogP contribution in [0.2, 0.25) is 0 Å². The lowest BCUT2D eigenvalue weighted by atomic mass is 10.1. The number of para-hydroxylation sites is 1. The fraction of sp³-hybridized carbons (Fsp3) is 0.130. The van der Waals surface area contributed by atoms with Crippen molar-refractivity contribution in [1.29, 1.82) is 0 Å². The number of nitrogens with one attached hydrogen (secondary N) is 1. The molecule has 0 spiro atoms. The van der Waals surface area contributed by atoms with Crippen molar-refractivity contribution in [1.82, 2.24) is 10.2 Å². The van der Waals surface area contributed by atoms with Crippen LogP contribution in [0.3, 0.4) is 0 Å². The molecule has 1 unspecified atom stereocenters. The second kappa shape index (κ2) is 9.32. The molecule has 1 aromatic heterocycles. The highest BCUT2D eigenvalue weighted by Gasteiger charge is 2.16. The highest BCUT2D eigenvalue weighted by molar-refractivity contribution is 7.15. The number of aliphatic hydroxyl groups excluding tert-OH is 1. The van der Waals surface area contributed by atoms with Crippen molar-refractivity contribution in [2.24, 2.45) is 0 Å². The summed E-state index contributed by atoms with van der Waals surface area (Å²) in [5, 5.41) is 23.4. The average molecular weight is 404 g/mol. The summed E-state index contributed by atoms with van der Waals surface area (Å²) in [6.07, 6.45) is 0.0872. The fourth-order valence-electron chi connectivity index (χ4n) is 2.86. The molecule has 0 aliphatic heterocycles. The summed E-state index contributed by atoms with van der Waals surface area (Å²) in [6, 6.07) is 27.2. The maximum atomic E-state index is 10.6. The maximum absolute atomic E-state index is 10.6. The quantitative estimate of drug-likeness (QED) is 0.430. The van der Waals surface area contributed by atoms with E-state index in [1.165, 1.54) is 16.9 Å². The molecule has 0 aliphatic carbocycles. The first kappa shape index (κ1) is 19.1. The van der Waals surface area contributed by atoms with Gasteiger partial charge in [0.25, 0.3) is 0 Å². The Kier molecular flexibility index (Phi) is 6.14. The first-order valence-corrected chi connectivity index (χ1v) is 10.2. The van der Waals surface area contributed by atoms with Crippen molar-refractivity contribution in [2.75, 3.05) is 11.9 Å². The van der Waals surface area contributed by atoms with Crippen molar-refractivity contribution < 1.29 is 9.84 Å². The number of rotatable bonds is 8. The van der Waals surface area contributed by atoms with Gasteiger partial charge in [0.2, 0.25) is 5.13 Å². The molecule has 0 fully saturated rings. The van der Waals surface area contributed by atoms with Gasteiger partial charge in [0.05, 0.1) is 0 Å². The Bertz CT molecular complexity index is 1020. The van der Waals surface area contributed by atoms with E-state index in [0.717, 1.165) is 24.3 Å². The maximum Gasteiger partial charge on any atom is 0.205 e. The van der Waals surface area contributed by atoms with Gasteiger partial charge in [-0.05, 0) is 41.8 Å². The Balaban J connectivity index is 1.34. The number of aliphatic hydroxyl groups is 1. The third-order valence-electron chi connectivity index (χ3n) is 4.38. The molecule has 29 heavy (non-hydrogen) atoms. The summed E-state index contributed by atoms with van der Waals surface area (Å²) in [7, 11) is 0. The summed E-state index contributed by atoms with van der Waals surface area (Å²) in [6.45, 7) is 0.764. The van der Waals surface area contributed by atoms with E-state index in [1.807, 2.05) is 72.8 Å². The minimum absolute atomic E-state index is 0.559. The zero-order valence-corrected chi connectivity index (χ0v) is 16.5. The number of hydrogen-bond acceptors (Lipinski definition) is 6. The molecular formula is C23H21N3O2S. The Morgan fingerprint density at radius 1 is 0.828 bits per heavy atom. The number of anilines is 1. The molecule has 1 atom stereocenters. The van der Waals surface area contributed by atoms with Crippen molar-refractivity contribution in [2.45, 2.75) is 12.5 Å². The van der Waals surface area contributed by atoms with E-state index in [2.05, 4.69) is 27.6 Å². The fourth-order valence-corrected chi connectivity index (χ4v) is 3.64. The molecule has 0 saturated carbocycles. The lowest BCUT2D eigenvalue weighted by Gasteiger charge is -2.09. The Hall–Kier alpha value is -3.22. The SMILES string of the molecule is OC(c1ccc(Oc2ccccc2)cc1)c1nnc(NCCc2ccccc2)s1. The van der Waals surface area contributed by atoms with E-state index in [-0.39, 0.29) is 0 Å². The molecular weight excluding hydrogens is 382 g/mol. The van der Waals surface area contributed by atoms with E-state index >= 15 is 0 Å². The molecule has 0 amide bonds. The van der Waals surface area contributed by atoms with Crippen LogP contribution >= 0.6 is 11.3 Å². The van der Waals surface area contributed by atoms with Gasteiger partial charge in [0, 0.05) is 6.54 Å². The molecule has 6 heteroatoms. The van der Waals surface area contributed by atoms with Gasteiger partial charge in [-0.1, -0.05) is 72.0 Å². The van der Waals surface area contributed by atoms with Crippen LogP contribution in [0, 0.1) is 0 Å². The number of aromatic nitrogens is 2. The zero-order valence-electron chi connectivity index (χ0n) is 15.7. The van der Waals surface area contributed by atoms with Crippen LogP contribution in [0.5, 0.6) is 11.5 Å². The summed E-state index contributed by atoms with van der Waals surface area (Å²) in [5.41, 5.74) is 2.01. The molecule has 0 saturated heterocycles. The Morgan fingerprint density at radius 3 is 2.21 bits per heavy atom. The molecule has 5 nitrogen and oxygen atoms in total. The predicted octanol–water partition coefficient (Wildman–Crippen LogP) is 5.07. The van der Waals surface area contributed by atoms with Crippen molar-refractivity contribution in [3.05, 3.63) is 101 Å². The van der Waals surface area contributed by atoms with Crippen LogP contribution in [0.25, 0.3) is 0 Å². The Labute approximate surface area is 173 Å². The molecule has 3 aromatic carbocycles. The van der Waals surface area contributed by atoms with Gasteiger partial charge < -0.3 is 15.2 Å². The normalized spacial score (nSPS) is 11.8.